The molecule has 0 saturated heterocycles. The average Bonchev–Trinajstić information content (AvgIpc) is 3.47. The third-order valence-corrected chi connectivity index (χ3v) is 17.3. The van der Waals surface area contributed by atoms with Crippen LogP contribution in [0.5, 0.6) is 0 Å². The Morgan fingerprint density at radius 3 is 0.667 bits per heavy atom. The lowest BCUT2D eigenvalue weighted by Crippen LogP contribution is -2.30. The van der Waals surface area contributed by atoms with Crippen LogP contribution in [0.2, 0.25) is 0 Å². The molecular formula is C75H144O6. The fourth-order valence-corrected chi connectivity index (χ4v) is 11.7. The van der Waals surface area contributed by atoms with E-state index < -0.39 is 6.10 Å². The molecule has 0 aromatic heterocycles. The molecule has 0 aromatic carbocycles. The third-order valence-electron chi connectivity index (χ3n) is 17.3. The van der Waals surface area contributed by atoms with E-state index in [1.54, 1.807) is 0 Å². The molecule has 480 valence electrons. The molecule has 1 unspecified atom stereocenters. The van der Waals surface area contributed by atoms with Crippen LogP contribution in [-0.4, -0.2) is 37.2 Å². The van der Waals surface area contributed by atoms with Crippen LogP contribution >= 0.6 is 0 Å². The van der Waals surface area contributed by atoms with Crippen molar-refractivity contribution in [3.63, 3.8) is 0 Å². The van der Waals surface area contributed by atoms with Gasteiger partial charge in [0.05, 0.1) is 0 Å². The van der Waals surface area contributed by atoms with Crippen LogP contribution in [0, 0.1) is 0 Å². The number of ether oxygens (including phenoxy) is 3. The Bertz CT molecular complexity index is 1260. The number of allylic oxidation sites excluding steroid dienone is 2. The van der Waals surface area contributed by atoms with E-state index in [4.69, 9.17) is 14.2 Å². The predicted octanol–water partition coefficient (Wildman–Crippen LogP) is 25.6. The van der Waals surface area contributed by atoms with Gasteiger partial charge in [-0.15, -0.1) is 0 Å². The van der Waals surface area contributed by atoms with E-state index >= 15 is 0 Å². The van der Waals surface area contributed by atoms with Gasteiger partial charge >= 0.3 is 17.9 Å². The van der Waals surface area contributed by atoms with Gasteiger partial charge in [-0.05, 0) is 38.5 Å². The summed E-state index contributed by atoms with van der Waals surface area (Å²) in [5, 5.41) is 0. The zero-order chi connectivity index (χ0) is 58.5. The molecule has 1 atom stereocenters. The highest BCUT2D eigenvalue weighted by Crippen LogP contribution is 2.20. The zero-order valence-electron chi connectivity index (χ0n) is 55.4. The number of esters is 3. The maximum atomic E-state index is 12.9. The first-order chi connectivity index (χ1) is 40.0. The van der Waals surface area contributed by atoms with E-state index in [0.717, 1.165) is 70.6 Å². The van der Waals surface area contributed by atoms with Crippen molar-refractivity contribution in [3.05, 3.63) is 12.2 Å². The zero-order valence-corrected chi connectivity index (χ0v) is 55.4. The van der Waals surface area contributed by atoms with Crippen LogP contribution in [0.15, 0.2) is 12.2 Å². The molecule has 0 aliphatic rings. The van der Waals surface area contributed by atoms with Crippen LogP contribution in [0.3, 0.4) is 0 Å². The van der Waals surface area contributed by atoms with Crippen molar-refractivity contribution in [2.75, 3.05) is 13.2 Å². The minimum absolute atomic E-state index is 0.0661. The van der Waals surface area contributed by atoms with Gasteiger partial charge in [0, 0.05) is 19.3 Å². The van der Waals surface area contributed by atoms with Gasteiger partial charge in [-0.25, -0.2) is 0 Å². The summed E-state index contributed by atoms with van der Waals surface area (Å²) in [4.78, 5) is 38.3. The molecule has 0 heterocycles. The van der Waals surface area contributed by atoms with Gasteiger partial charge in [0.2, 0.25) is 0 Å². The predicted molar refractivity (Wildman–Crippen MR) is 353 cm³/mol. The fraction of sp³-hybridized carbons (Fsp3) is 0.933. The number of hydrogen-bond acceptors (Lipinski definition) is 6. The second kappa shape index (κ2) is 70.6. The molecular weight excluding hydrogens is 997 g/mol. The number of carbonyl (C=O) groups is 3. The van der Waals surface area contributed by atoms with Gasteiger partial charge < -0.3 is 14.2 Å². The van der Waals surface area contributed by atoms with Crippen LogP contribution in [0.1, 0.15) is 432 Å². The molecule has 0 bridgehead atoms. The molecule has 0 saturated carbocycles. The molecule has 6 nitrogen and oxygen atoms in total. The van der Waals surface area contributed by atoms with Crippen molar-refractivity contribution in [2.24, 2.45) is 0 Å². The number of carbonyl (C=O) groups excluding carboxylic acids is 3. The summed E-state index contributed by atoms with van der Waals surface area (Å²) in [6.07, 6.45) is 85.8. The molecule has 0 fully saturated rings. The van der Waals surface area contributed by atoms with Crippen molar-refractivity contribution < 1.29 is 28.6 Å². The fourth-order valence-electron chi connectivity index (χ4n) is 11.7. The maximum absolute atomic E-state index is 12.9. The van der Waals surface area contributed by atoms with E-state index in [-0.39, 0.29) is 31.1 Å². The Balaban J connectivity index is 3.97. The molecule has 0 rings (SSSR count). The van der Waals surface area contributed by atoms with Crippen LogP contribution in [-0.2, 0) is 28.6 Å². The van der Waals surface area contributed by atoms with Gasteiger partial charge in [-0.2, -0.15) is 0 Å². The SMILES string of the molecule is CCC/C=C\CCCCCCCC(=O)OCC(COC(=O)CCCCCCCCCCCCCCCCCCCCCCCCCCCCCCCCCCCCC)OC(=O)CCCCCCCCCCCCCCCCCCCC. The van der Waals surface area contributed by atoms with Gasteiger partial charge in [-0.3, -0.25) is 14.4 Å². The second-order valence-electron chi connectivity index (χ2n) is 25.6. The number of unbranched alkanes of at least 4 members (excludes halogenated alkanes) is 57. The van der Waals surface area contributed by atoms with E-state index in [1.807, 2.05) is 0 Å². The van der Waals surface area contributed by atoms with Crippen molar-refractivity contribution in [3.8, 4) is 0 Å². The highest BCUT2D eigenvalue weighted by molar-refractivity contribution is 5.71. The summed E-state index contributed by atoms with van der Waals surface area (Å²) in [7, 11) is 0. The van der Waals surface area contributed by atoms with E-state index in [0.29, 0.717) is 19.3 Å². The van der Waals surface area contributed by atoms with E-state index in [9.17, 15) is 14.4 Å². The molecule has 0 aliphatic heterocycles. The minimum atomic E-state index is -0.769. The molecule has 0 aromatic rings. The summed E-state index contributed by atoms with van der Waals surface area (Å²) in [5.41, 5.74) is 0. The van der Waals surface area contributed by atoms with Gasteiger partial charge in [0.1, 0.15) is 13.2 Å². The Kier molecular flexibility index (Phi) is 69.0. The van der Waals surface area contributed by atoms with Crippen molar-refractivity contribution in [1.82, 2.24) is 0 Å². The largest absolute Gasteiger partial charge is 0.462 e. The number of rotatable bonds is 70. The molecule has 0 aliphatic carbocycles. The molecule has 0 radical (unpaired) electrons. The highest BCUT2D eigenvalue weighted by atomic mass is 16.6. The molecule has 81 heavy (non-hydrogen) atoms. The Labute approximate surface area is 507 Å². The summed E-state index contributed by atoms with van der Waals surface area (Å²) in [5.74, 6) is -0.845. The van der Waals surface area contributed by atoms with Gasteiger partial charge in [0.25, 0.3) is 0 Å². The molecule has 0 amide bonds. The standard InChI is InChI=1S/C75H144O6/c1-4-7-10-13-16-19-22-24-26-28-30-31-32-33-34-35-36-37-38-39-40-41-42-43-44-45-46-48-49-51-53-56-59-62-65-68-74(77)80-71-72(70-79-73(76)67-64-61-58-55-21-18-15-12-9-6-3)81-75(78)69-66-63-60-57-54-52-50-47-29-27-25-23-20-17-14-11-8-5-2/h12,15,72H,4-11,13-14,16-71H2,1-3H3/b15-12-. The summed E-state index contributed by atoms with van der Waals surface area (Å²) >= 11 is 0. The van der Waals surface area contributed by atoms with Crippen LogP contribution in [0.4, 0.5) is 0 Å². The van der Waals surface area contributed by atoms with Gasteiger partial charge in [0.15, 0.2) is 6.10 Å². The van der Waals surface area contributed by atoms with Crippen LogP contribution in [0.25, 0.3) is 0 Å². The smallest absolute Gasteiger partial charge is 0.306 e. The lowest BCUT2D eigenvalue weighted by Gasteiger charge is -2.18. The second-order valence-corrected chi connectivity index (χ2v) is 25.6. The third kappa shape index (κ3) is 68.8. The monoisotopic (exact) mass is 1140 g/mol. The first-order valence-corrected chi connectivity index (χ1v) is 37.2. The van der Waals surface area contributed by atoms with Crippen molar-refractivity contribution in [1.29, 1.82) is 0 Å². The lowest BCUT2D eigenvalue weighted by molar-refractivity contribution is -0.167. The van der Waals surface area contributed by atoms with Crippen LogP contribution < -0.4 is 0 Å². The number of hydrogen-bond donors (Lipinski definition) is 0. The van der Waals surface area contributed by atoms with Crippen molar-refractivity contribution in [2.45, 2.75) is 438 Å². The van der Waals surface area contributed by atoms with E-state index in [2.05, 4.69) is 32.9 Å². The normalized spacial score (nSPS) is 12.0. The Morgan fingerprint density at radius 1 is 0.235 bits per heavy atom. The minimum Gasteiger partial charge on any atom is -0.462 e. The first kappa shape index (κ1) is 79.2. The molecule has 0 spiro atoms. The highest BCUT2D eigenvalue weighted by Gasteiger charge is 2.20. The van der Waals surface area contributed by atoms with Crippen molar-refractivity contribution >= 4 is 17.9 Å². The Morgan fingerprint density at radius 2 is 0.432 bits per heavy atom. The average molecular weight is 1140 g/mol. The molecule has 0 N–H and O–H groups in total. The maximum Gasteiger partial charge on any atom is 0.306 e. The van der Waals surface area contributed by atoms with E-state index in [1.165, 1.54) is 321 Å². The summed E-state index contributed by atoms with van der Waals surface area (Å²) < 4.78 is 16.9. The lowest BCUT2D eigenvalue weighted by atomic mass is 10.0. The molecule has 6 heteroatoms. The Hall–Kier alpha value is -1.85. The summed E-state index contributed by atoms with van der Waals surface area (Å²) in [6, 6.07) is 0. The quantitative estimate of drug-likeness (QED) is 0.0261. The topological polar surface area (TPSA) is 78.9 Å². The summed E-state index contributed by atoms with van der Waals surface area (Å²) in [6.45, 7) is 6.66. The van der Waals surface area contributed by atoms with Gasteiger partial charge in [-0.1, -0.05) is 386 Å². The first-order valence-electron chi connectivity index (χ1n) is 37.2.